The standard InChI is InChI=1S/C20H34N4O/c1-17(2)24-13-7-9-18(16-24)15-23-20(21-3)22-12-8-14-25-19-10-5-4-6-11-19/h4-6,10-11,17-18H,7-9,12-16H2,1-3H3,(H2,21,22,23). The molecule has 25 heavy (non-hydrogen) atoms. The molecule has 0 saturated carbocycles. The number of hydrogen-bond acceptors (Lipinski definition) is 3. The Hall–Kier alpha value is -1.75. The highest BCUT2D eigenvalue weighted by molar-refractivity contribution is 5.79. The van der Waals surface area contributed by atoms with Gasteiger partial charge in [0, 0.05) is 32.7 Å². The van der Waals surface area contributed by atoms with Crippen LogP contribution in [0.1, 0.15) is 33.1 Å². The van der Waals surface area contributed by atoms with Gasteiger partial charge in [0.2, 0.25) is 0 Å². The van der Waals surface area contributed by atoms with E-state index in [1.807, 2.05) is 37.4 Å². The highest BCUT2D eigenvalue weighted by Crippen LogP contribution is 2.17. The van der Waals surface area contributed by atoms with Gasteiger partial charge >= 0.3 is 0 Å². The SMILES string of the molecule is CN=C(NCCCOc1ccccc1)NCC1CCCN(C(C)C)C1. The molecule has 1 aromatic rings. The number of guanidine groups is 1. The summed E-state index contributed by atoms with van der Waals surface area (Å²) in [6.45, 7) is 9.55. The van der Waals surface area contributed by atoms with E-state index in [9.17, 15) is 0 Å². The molecule has 1 heterocycles. The van der Waals surface area contributed by atoms with Gasteiger partial charge in [-0.25, -0.2) is 0 Å². The minimum Gasteiger partial charge on any atom is -0.494 e. The van der Waals surface area contributed by atoms with Gasteiger partial charge in [0.25, 0.3) is 0 Å². The Morgan fingerprint density at radius 1 is 1.28 bits per heavy atom. The monoisotopic (exact) mass is 346 g/mol. The highest BCUT2D eigenvalue weighted by atomic mass is 16.5. The van der Waals surface area contributed by atoms with E-state index >= 15 is 0 Å². The predicted octanol–water partition coefficient (Wildman–Crippen LogP) is 2.74. The third kappa shape index (κ3) is 7.34. The average molecular weight is 347 g/mol. The quantitative estimate of drug-likeness (QED) is 0.432. The Morgan fingerprint density at radius 3 is 2.80 bits per heavy atom. The predicted molar refractivity (Wildman–Crippen MR) is 105 cm³/mol. The van der Waals surface area contributed by atoms with Crippen molar-refractivity contribution in [3.8, 4) is 5.75 Å². The van der Waals surface area contributed by atoms with E-state index in [0.717, 1.165) is 31.2 Å². The molecule has 1 fully saturated rings. The second-order valence-electron chi connectivity index (χ2n) is 6.99. The fraction of sp³-hybridized carbons (Fsp3) is 0.650. The number of nitrogens with one attached hydrogen (secondary N) is 2. The molecule has 1 aliphatic rings. The number of benzene rings is 1. The second-order valence-corrected chi connectivity index (χ2v) is 6.99. The average Bonchev–Trinajstić information content (AvgIpc) is 2.65. The first-order valence-electron chi connectivity index (χ1n) is 9.55. The van der Waals surface area contributed by atoms with Crippen molar-refractivity contribution in [1.29, 1.82) is 0 Å². The van der Waals surface area contributed by atoms with Gasteiger partial charge in [0.05, 0.1) is 6.61 Å². The van der Waals surface area contributed by atoms with Gasteiger partial charge < -0.3 is 20.3 Å². The zero-order chi connectivity index (χ0) is 17.9. The number of ether oxygens (including phenoxy) is 1. The molecule has 5 heteroatoms. The summed E-state index contributed by atoms with van der Waals surface area (Å²) in [4.78, 5) is 6.90. The lowest BCUT2D eigenvalue weighted by molar-refractivity contribution is 0.141. The molecule has 2 N–H and O–H groups in total. The van der Waals surface area contributed by atoms with Crippen molar-refractivity contribution in [3.63, 3.8) is 0 Å². The number of piperidine rings is 1. The summed E-state index contributed by atoms with van der Waals surface area (Å²) >= 11 is 0. The maximum Gasteiger partial charge on any atom is 0.190 e. The zero-order valence-electron chi connectivity index (χ0n) is 16.0. The van der Waals surface area contributed by atoms with E-state index < -0.39 is 0 Å². The summed E-state index contributed by atoms with van der Waals surface area (Å²) in [6, 6.07) is 10.6. The van der Waals surface area contributed by atoms with Crippen molar-refractivity contribution in [2.45, 2.75) is 39.2 Å². The lowest BCUT2D eigenvalue weighted by atomic mass is 9.97. The van der Waals surface area contributed by atoms with Crippen molar-refractivity contribution in [2.24, 2.45) is 10.9 Å². The van der Waals surface area contributed by atoms with Gasteiger partial charge in [-0.2, -0.15) is 0 Å². The number of para-hydroxylation sites is 1. The van der Waals surface area contributed by atoms with Crippen LogP contribution in [0.5, 0.6) is 5.75 Å². The molecular formula is C20H34N4O. The number of nitrogens with zero attached hydrogens (tertiary/aromatic N) is 2. The fourth-order valence-corrected chi connectivity index (χ4v) is 3.18. The maximum atomic E-state index is 5.70. The first kappa shape index (κ1) is 19.6. The molecule has 1 aromatic carbocycles. The molecule has 140 valence electrons. The van der Waals surface area contributed by atoms with Crippen LogP contribution in [0.25, 0.3) is 0 Å². The fourth-order valence-electron chi connectivity index (χ4n) is 3.18. The van der Waals surface area contributed by atoms with Gasteiger partial charge in [-0.05, 0) is 57.7 Å². The summed E-state index contributed by atoms with van der Waals surface area (Å²) in [5.74, 6) is 2.52. The number of aliphatic imine (C=N–C) groups is 1. The second kappa shape index (κ2) is 11.0. The highest BCUT2D eigenvalue weighted by Gasteiger charge is 2.21. The van der Waals surface area contributed by atoms with Crippen LogP contribution in [0.15, 0.2) is 35.3 Å². The largest absolute Gasteiger partial charge is 0.494 e. The number of rotatable bonds is 8. The van der Waals surface area contributed by atoms with Crippen LogP contribution < -0.4 is 15.4 Å². The summed E-state index contributed by atoms with van der Waals surface area (Å²) < 4.78 is 5.70. The van der Waals surface area contributed by atoms with Crippen molar-refractivity contribution in [2.75, 3.05) is 39.8 Å². The molecule has 0 radical (unpaired) electrons. The topological polar surface area (TPSA) is 48.9 Å². The van der Waals surface area contributed by atoms with Crippen LogP contribution in [0.3, 0.4) is 0 Å². The van der Waals surface area contributed by atoms with E-state index in [4.69, 9.17) is 4.74 Å². The van der Waals surface area contributed by atoms with Crippen molar-refractivity contribution in [1.82, 2.24) is 15.5 Å². The molecule has 2 rings (SSSR count). The maximum absolute atomic E-state index is 5.70. The van der Waals surface area contributed by atoms with E-state index in [-0.39, 0.29) is 0 Å². The Kier molecular flexibility index (Phi) is 8.60. The minimum atomic E-state index is 0.643. The van der Waals surface area contributed by atoms with Crippen molar-refractivity contribution in [3.05, 3.63) is 30.3 Å². The third-order valence-electron chi connectivity index (χ3n) is 4.69. The smallest absolute Gasteiger partial charge is 0.190 e. The molecule has 0 spiro atoms. The molecule has 0 bridgehead atoms. The van der Waals surface area contributed by atoms with Crippen LogP contribution in [0.2, 0.25) is 0 Å². The number of likely N-dealkylation sites (tertiary alicyclic amines) is 1. The summed E-state index contributed by atoms with van der Waals surface area (Å²) in [5, 5.41) is 6.85. The van der Waals surface area contributed by atoms with E-state index in [1.54, 1.807) is 0 Å². The van der Waals surface area contributed by atoms with E-state index in [2.05, 4.69) is 34.4 Å². The van der Waals surface area contributed by atoms with Gasteiger partial charge in [0.1, 0.15) is 5.75 Å². The van der Waals surface area contributed by atoms with Gasteiger partial charge in [-0.15, -0.1) is 0 Å². The van der Waals surface area contributed by atoms with Crippen LogP contribution in [-0.2, 0) is 0 Å². The first-order valence-corrected chi connectivity index (χ1v) is 9.55. The van der Waals surface area contributed by atoms with Crippen LogP contribution in [0, 0.1) is 5.92 Å². The molecular weight excluding hydrogens is 312 g/mol. The summed E-state index contributed by atoms with van der Waals surface area (Å²) in [7, 11) is 1.83. The molecule has 0 aliphatic carbocycles. The van der Waals surface area contributed by atoms with Crippen LogP contribution in [0.4, 0.5) is 0 Å². The molecule has 1 aliphatic heterocycles. The first-order chi connectivity index (χ1) is 12.2. The number of hydrogen-bond donors (Lipinski definition) is 2. The molecule has 5 nitrogen and oxygen atoms in total. The Bertz CT molecular complexity index is 504. The van der Waals surface area contributed by atoms with Crippen LogP contribution >= 0.6 is 0 Å². The van der Waals surface area contributed by atoms with Gasteiger partial charge in [-0.3, -0.25) is 4.99 Å². The molecule has 1 unspecified atom stereocenters. The summed E-state index contributed by atoms with van der Waals surface area (Å²) in [5.41, 5.74) is 0. The van der Waals surface area contributed by atoms with Crippen molar-refractivity contribution >= 4 is 5.96 Å². The van der Waals surface area contributed by atoms with Gasteiger partial charge in [0.15, 0.2) is 5.96 Å². The normalized spacial score (nSPS) is 19.0. The van der Waals surface area contributed by atoms with Crippen molar-refractivity contribution < 1.29 is 4.74 Å². The van der Waals surface area contributed by atoms with E-state index in [1.165, 1.54) is 25.9 Å². The Labute approximate surface area is 152 Å². The van der Waals surface area contributed by atoms with Crippen LogP contribution in [-0.4, -0.2) is 56.7 Å². The molecule has 1 atom stereocenters. The lowest BCUT2D eigenvalue weighted by Gasteiger charge is -2.35. The Balaban J connectivity index is 1.59. The third-order valence-corrected chi connectivity index (χ3v) is 4.69. The molecule has 0 amide bonds. The Morgan fingerprint density at radius 2 is 2.08 bits per heavy atom. The zero-order valence-corrected chi connectivity index (χ0v) is 16.0. The van der Waals surface area contributed by atoms with Gasteiger partial charge in [-0.1, -0.05) is 18.2 Å². The molecule has 1 saturated heterocycles. The van der Waals surface area contributed by atoms with E-state index in [0.29, 0.717) is 18.6 Å². The minimum absolute atomic E-state index is 0.643. The molecule has 0 aromatic heterocycles. The summed E-state index contributed by atoms with van der Waals surface area (Å²) in [6.07, 6.45) is 3.55. The lowest BCUT2D eigenvalue weighted by Crippen LogP contribution is -2.46.